The molecule has 1 atom stereocenters. The Balaban J connectivity index is 1.75. The van der Waals surface area contributed by atoms with Crippen LogP contribution in [0.2, 0.25) is 0 Å². The average Bonchev–Trinajstić information content (AvgIpc) is 3.43. The molecule has 1 saturated heterocycles. The number of nitrogens with zero attached hydrogens (tertiary/aromatic N) is 3. The van der Waals surface area contributed by atoms with Gasteiger partial charge in [-0.15, -0.1) is 0 Å². The van der Waals surface area contributed by atoms with E-state index < -0.39 is 11.6 Å². The summed E-state index contributed by atoms with van der Waals surface area (Å²) in [4.78, 5) is 14.8. The maximum Gasteiger partial charge on any atom is 0.228 e. The van der Waals surface area contributed by atoms with Gasteiger partial charge in [-0.05, 0) is 44.0 Å². The third-order valence-corrected chi connectivity index (χ3v) is 5.84. The molecule has 4 rings (SSSR count). The van der Waals surface area contributed by atoms with Crippen LogP contribution in [0.5, 0.6) is 11.6 Å². The number of rotatable bonds is 8. The summed E-state index contributed by atoms with van der Waals surface area (Å²) < 4.78 is 41.3. The summed E-state index contributed by atoms with van der Waals surface area (Å²) in [5.41, 5.74) is 2.02. The van der Waals surface area contributed by atoms with Gasteiger partial charge >= 0.3 is 0 Å². The van der Waals surface area contributed by atoms with Crippen LogP contribution in [-0.4, -0.2) is 39.8 Å². The minimum Gasteiger partial charge on any atom is -0.435 e. The van der Waals surface area contributed by atoms with E-state index >= 15 is 0 Å². The molecule has 3 aromatic rings. The topological polar surface area (TPSA) is 56.6 Å². The van der Waals surface area contributed by atoms with E-state index in [0.717, 1.165) is 30.7 Å². The highest BCUT2D eigenvalue weighted by Gasteiger charge is 2.28. The molecule has 1 amide bonds. The Morgan fingerprint density at radius 2 is 2.00 bits per heavy atom. The van der Waals surface area contributed by atoms with Crippen LogP contribution in [0.15, 0.2) is 48.5 Å². The second-order valence-corrected chi connectivity index (χ2v) is 8.80. The van der Waals surface area contributed by atoms with Crippen LogP contribution >= 0.6 is 0 Å². The molecule has 0 saturated carbocycles. The Bertz CT molecular complexity index is 1140. The molecule has 1 aromatic heterocycles. The van der Waals surface area contributed by atoms with Gasteiger partial charge in [-0.2, -0.15) is 5.10 Å². The molecule has 1 aliphatic heterocycles. The van der Waals surface area contributed by atoms with Gasteiger partial charge in [0.25, 0.3) is 0 Å². The van der Waals surface area contributed by atoms with Gasteiger partial charge < -0.3 is 14.4 Å². The van der Waals surface area contributed by atoms with Crippen LogP contribution in [0.4, 0.5) is 8.78 Å². The number of benzene rings is 2. The Kier molecular flexibility index (Phi) is 7.26. The van der Waals surface area contributed by atoms with Crippen molar-refractivity contribution in [3.63, 3.8) is 0 Å². The normalized spacial score (nSPS) is 15.6. The number of amides is 1. The fourth-order valence-corrected chi connectivity index (χ4v) is 4.05. The summed E-state index contributed by atoms with van der Waals surface area (Å²) in [5, 5.41) is 4.64. The molecular formula is C26H29F2N3O3. The second kappa shape index (κ2) is 10.3. The van der Waals surface area contributed by atoms with E-state index in [1.54, 1.807) is 9.58 Å². The summed E-state index contributed by atoms with van der Waals surface area (Å²) in [5.74, 6) is -1.57. The number of halogens is 2. The molecule has 34 heavy (non-hydrogen) atoms. The van der Waals surface area contributed by atoms with Crippen molar-refractivity contribution in [2.75, 3.05) is 13.2 Å². The number of aromatic nitrogens is 2. The first-order chi connectivity index (χ1) is 16.3. The fourth-order valence-electron chi connectivity index (χ4n) is 4.05. The highest BCUT2D eigenvalue weighted by atomic mass is 19.1. The van der Waals surface area contributed by atoms with Crippen molar-refractivity contribution >= 4 is 5.91 Å². The van der Waals surface area contributed by atoms with Crippen LogP contribution in [0, 0.1) is 24.5 Å². The van der Waals surface area contributed by atoms with Gasteiger partial charge in [0.05, 0.1) is 29.6 Å². The summed E-state index contributed by atoms with van der Waals surface area (Å²) in [6.07, 6.45) is 1.84. The van der Waals surface area contributed by atoms with E-state index in [-0.39, 0.29) is 36.1 Å². The third-order valence-electron chi connectivity index (χ3n) is 5.84. The fraction of sp³-hybridized carbons (Fsp3) is 0.385. The minimum atomic E-state index is -0.820. The van der Waals surface area contributed by atoms with E-state index in [0.29, 0.717) is 24.4 Å². The number of aryl methyl sites for hydroxylation is 1. The number of carbonyl (C=O) groups excluding carboxylic acids is 1. The Labute approximate surface area is 198 Å². The summed E-state index contributed by atoms with van der Waals surface area (Å²) in [6, 6.07) is 12.5. The number of hydrogen-bond donors (Lipinski definition) is 0. The lowest BCUT2D eigenvalue weighted by atomic mass is 10.1. The smallest absolute Gasteiger partial charge is 0.228 e. The Morgan fingerprint density at radius 3 is 2.65 bits per heavy atom. The molecule has 1 aliphatic rings. The Morgan fingerprint density at radius 1 is 1.24 bits per heavy atom. The molecule has 0 aliphatic carbocycles. The maximum absolute atomic E-state index is 14.5. The van der Waals surface area contributed by atoms with Crippen LogP contribution in [0.25, 0.3) is 5.69 Å². The minimum absolute atomic E-state index is 0.0127. The van der Waals surface area contributed by atoms with Gasteiger partial charge in [-0.25, -0.2) is 13.5 Å². The number of carbonyl (C=O) groups is 1. The van der Waals surface area contributed by atoms with E-state index in [2.05, 4.69) is 5.10 Å². The Hall–Kier alpha value is -3.26. The molecule has 0 bridgehead atoms. The van der Waals surface area contributed by atoms with E-state index in [1.165, 1.54) is 6.07 Å². The summed E-state index contributed by atoms with van der Waals surface area (Å²) in [7, 11) is 0. The molecule has 0 unspecified atom stereocenters. The lowest BCUT2D eigenvalue weighted by Gasteiger charge is -2.27. The molecular weight excluding hydrogens is 440 g/mol. The van der Waals surface area contributed by atoms with Gasteiger partial charge in [0, 0.05) is 25.1 Å². The van der Waals surface area contributed by atoms with Crippen molar-refractivity contribution in [2.45, 2.75) is 46.3 Å². The van der Waals surface area contributed by atoms with Crippen molar-refractivity contribution in [3.8, 4) is 17.3 Å². The van der Waals surface area contributed by atoms with Crippen molar-refractivity contribution in [3.05, 3.63) is 71.4 Å². The van der Waals surface area contributed by atoms with Crippen LogP contribution < -0.4 is 4.74 Å². The second-order valence-electron chi connectivity index (χ2n) is 8.80. The quantitative estimate of drug-likeness (QED) is 0.442. The van der Waals surface area contributed by atoms with Crippen LogP contribution in [0.1, 0.15) is 37.9 Å². The lowest BCUT2D eigenvalue weighted by Crippen LogP contribution is -2.39. The number of para-hydroxylation sites is 1. The molecule has 0 N–H and O–H groups in total. The lowest BCUT2D eigenvalue weighted by molar-refractivity contribution is -0.136. The largest absolute Gasteiger partial charge is 0.435 e. The summed E-state index contributed by atoms with van der Waals surface area (Å²) >= 11 is 0. The van der Waals surface area contributed by atoms with E-state index in [4.69, 9.17) is 9.47 Å². The highest BCUT2D eigenvalue weighted by Crippen LogP contribution is 2.33. The van der Waals surface area contributed by atoms with Crippen molar-refractivity contribution in [2.24, 2.45) is 5.92 Å². The molecule has 2 aromatic carbocycles. The predicted octanol–water partition coefficient (Wildman–Crippen LogP) is 5.41. The SMILES string of the molecule is Cc1nn(-c2ccccc2)c(Oc2ccc(F)cc2F)c1CN(C[C@@H]1CCCO1)C(=O)C(C)C. The van der Waals surface area contributed by atoms with Gasteiger partial charge in [0.15, 0.2) is 11.6 Å². The third kappa shape index (κ3) is 5.28. The van der Waals surface area contributed by atoms with Crippen molar-refractivity contribution < 1.29 is 23.0 Å². The first-order valence-corrected chi connectivity index (χ1v) is 11.5. The zero-order valence-electron chi connectivity index (χ0n) is 19.6. The summed E-state index contributed by atoms with van der Waals surface area (Å²) in [6.45, 7) is 6.92. The zero-order valence-corrected chi connectivity index (χ0v) is 19.6. The molecule has 1 fully saturated rings. The molecule has 180 valence electrons. The zero-order chi connectivity index (χ0) is 24.2. The van der Waals surface area contributed by atoms with E-state index in [9.17, 15) is 13.6 Å². The van der Waals surface area contributed by atoms with Crippen LogP contribution in [0.3, 0.4) is 0 Å². The first kappa shape index (κ1) is 23.9. The monoisotopic (exact) mass is 469 g/mol. The molecule has 0 radical (unpaired) electrons. The highest BCUT2D eigenvalue weighted by molar-refractivity contribution is 5.78. The molecule has 8 heteroatoms. The molecule has 0 spiro atoms. The van der Waals surface area contributed by atoms with Gasteiger partial charge in [-0.1, -0.05) is 32.0 Å². The molecule has 2 heterocycles. The van der Waals surface area contributed by atoms with Crippen molar-refractivity contribution in [1.29, 1.82) is 0 Å². The standard InChI is InChI=1S/C26H29F2N3O3/c1-17(2)25(32)30(15-21-10-7-13-33-21)16-22-18(3)29-31(20-8-5-4-6-9-20)26(22)34-24-12-11-19(27)14-23(24)28/h4-6,8-9,11-12,14,17,21H,7,10,13,15-16H2,1-3H3/t21-/m0/s1. The van der Waals surface area contributed by atoms with E-state index in [1.807, 2.05) is 51.1 Å². The maximum atomic E-state index is 14.5. The molecule has 6 nitrogen and oxygen atoms in total. The predicted molar refractivity (Wildman–Crippen MR) is 124 cm³/mol. The number of ether oxygens (including phenoxy) is 2. The van der Waals surface area contributed by atoms with Gasteiger partial charge in [0.1, 0.15) is 5.82 Å². The van der Waals surface area contributed by atoms with Gasteiger partial charge in [0.2, 0.25) is 11.8 Å². The average molecular weight is 470 g/mol. The van der Waals surface area contributed by atoms with Crippen molar-refractivity contribution in [1.82, 2.24) is 14.7 Å². The number of hydrogen-bond acceptors (Lipinski definition) is 4. The van der Waals surface area contributed by atoms with Gasteiger partial charge in [-0.3, -0.25) is 4.79 Å². The van der Waals surface area contributed by atoms with Crippen LogP contribution in [-0.2, 0) is 16.1 Å². The first-order valence-electron chi connectivity index (χ1n) is 11.5.